The number of methoxy groups -OCH3 is 1. The predicted molar refractivity (Wildman–Crippen MR) is 160 cm³/mol. The van der Waals surface area contributed by atoms with Gasteiger partial charge in [0.05, 0.1) is 22.9 Å². The van der Waals surface area contributed by atoms with E-state index in [4.69, 9.17) is 9.72 Å². The van der Waals surface area contributed by atoms with Crippen molar-refractivity contribution < 1.29 is 9.53 Å². The Morgan fingerprint density at radius 3 is 1.74 bits per heavy atom. The second kappa shape index (κ2) is 12.4. The van der Waals surface area contributed by atoms with E-state index in [-0.39, 0.29) is 6.04 Å². The first-order valence-corrected chi connectivity index (χ1v) is 14.6. The van der Waals surface area contributed by atoms with Gasteiger partial charge in [-0.1, -0.05) is 121 Å². The highest BCUT2D eigenvalue weighted by Gasteiger charge is 2.38. The number of rotatable bonds is 10. The van der Waals surface area contributed by atoms with Crippen LogP contribution in [0.4, 0.5) is 0 Å². The van der Waals surface area contributed by atoms with Crippen molar-refractivity contribution in [3.05, 3.63) is 154 Å². The van der Waals surface area contributed by atoms with Crippen molar-refractivity contribution in [1.82, 2.24) is 10.3 Å². The fraction of sp³-hybridized carbons (Fsp3) is 0.152. The van der Waals surface area contributed by atoms with Crippen LogP contribution < -0.4 is 5.32 Å². The molecule has 0 fully saturated rings. The molecule has 5 aromatic rings. The maximum Gasteiger partial charge on any atom is 0.358 e. The van der Waals surface area contributed by atoms with E-state index < -0.39 is 11.5 Å². The number of hydrogen-bond acceptors (Lipinski definition) is 6. The van der Waals surface area contributed by atoms with Gasteiger partial charge >= 0.3 is 5.97 Å². The fourth-order valence-corrected chi connectivity index (χ4v) is 6.97. The minimum absolute atomic E-state index is 0.176. The number of thiazole rings is 1. The molecule has 6 heteroatoms. The molecule has 1 unspecified atom stereocenters. The Morgan fingerprint density at radius 2 is 1.28 bits per heavy atom. The molecule has 0 aliphatic heterocycles. The number of carbonyl (C=O) groups is 1. The van der Waals surface area contributed by atoms with Crippen LogP contribution in [0.1, 0.15) is 50.7 Å². The number of hydrogen-bond donors (Lipinski definition) is 1. The van der Waals surface area contributed by atoms with Gasteiger partial charge in [0.25, 0.3) is 0 Å². The third kappa shape index (κ3) is 5.83. The summed E-state index contributed by atoms with van der Waals surface area (Å²) in [5.41, 5.74) is 4.29. The van der Waals surface area contributed by atoms with Crippen molar-refractivity contribution in [2.75, 3.05) is 7.11 Å². The smallest absolute Gasteiger partial charge is 0.358 e. The maximum absolute atomic E-state index is 12.7. The molecule has 1 N–H and O–H groups in total. The van der Waals surface area contributed by atoms with Gasteiger partial charge < -0.3 is 4.74 Å². The van der Waals surface area contributed by atoms with Crippen LogP contribution >= 0.6 is 23.1 Å². The summed E-state index contributed by atoms with van der Waals surface area (Å²) in [5, 5.41) is 4.79. The molecule has 196 valence electrons. The molecular formula is C33H30N2O2S2. The molecule has 39 heavy (non-hydrogen) atoms. The summed E-state index contributed by atoms with van der Waals surface area (Å²) in [6, 6.07) is 41.5. The molecule has 0 spiro atoms. The van der Waals surface area contributed by atoms with Gasteiger partial charge in [-0.05, 0) is 29.2 Å². The second-order valence-electron chi connectivity index (χ2n) is 9.17. The number of thioether (sulfide) groups is 1. The zero-order valence-electron chi connectivity index (χ0n) is 21.9. The van der Waals surface area contributed by atoms with Crippen molar-refractivity contribution in [2.45, 2.75) is 28.5 Å². The first kappa shape index (κ1) is 26.9. The van der Waals surface area contributed by atoms with Crippen LogP contribution in [0.15, 0.2) is 126 Å². The van der Waals surface area contributed by atoms with Crippen LogP contribution in [-0.2, 0) is 16.0 Å². The Balaban J connectivity index is 1.57. The number of ether oxygens (including phenoxy) is 1. The molecule has 0 saturated heterocycles. The molecule has 0 aliphatic carbocycles. The Kier molecular flexibility index (Phi) is 8.57. The van der Waals surface area contributed by atoms with Crippen molar-refractivity contribution in [3.63, 3.8) is 0 Å². The Labute approximate surface area is 238 Å². The lowest BCUT2D eigenvalue weighted by Crippen LogP contribution is -2.45. The Bertz CT molecular complexity index is 1390. The third-order valence-corrected chi connectivity index (χ3v) is 9.20. The van der Waals surface area contributed by atoms with Gasteiger partial charge in [-0.3, -0.25) is 5.32 Å². The summed E-state index contributed by atoms with van der Waals surface area (Å²) < 4.78 is 5.96. The SMILES string of the molecule is COC(=O)c1nc(C(C)NC(c2ccccc2)(c2ccccc2)c2ccccc2)sc1SCc1ccccc1. The summed E-state index contributed by atoms with van der Waals surface area (Å²) in [7, 11) is 1.40. The Morgan fingerprint density at radius 1 is 0.821 bits per heavy atom. The zero-order valence-corrected chi connectivity index (χ0v) is 23.5. The van der Waals surface area contributed by atoms with Gasteiger partial charge in [-0.2, -0.15) is 0 Å². The van der Waals surface area contributed by atoms with Crippen LogP contribution in [0.3, 0.4) is 0 Å². The second-order valence-corrected chi connectivity index (χ2v) is 11.4. The van der Waals surface area contributed by atoms with E-state index in [0.717, 1.165) is 31.7 Å². The van der Waals surface area contributed by atoms with Crippen molar-refractivity contribution in [2.24, 2.45) is 0 Å². The molecule has 1 heterocycles. The van der Waals surface area contributed by atoms with Gasteiger partial charge in [0.2, 0.25) is 0 Å². The van der Waals surface area contributed by atoms with E-state index >= 15 is 0 Å². The molecule has 0 amide bonds. The number of esters is 1. The average Bonchev–Trinajstić information content (AvgIpc) is 3.45. The fourth-order valence-electron chi connectivity index (χ4n) is 4.75. The first-order valence-electron chi connectivity index (χ1n) is 12.8. The van der Waals surface area contributed by atoms with E-state index in [2.05, 4.69) is 97.2 Å². The summed E-state index contributed by atoms with van der Waals surface area (Å²) in [6.07, 6.45) is 0. The van der Waals surface area contributed by atoms with Crippen LogP contribution in [0.25, 0.3) is 0 Å². The van der Waals surface area contributed by atoms with Crippen molar-refractivity contribution in [3.8, 4) is 0 Å². The van der Waals surface area contributed by atoms with Gasteiger partial charge in [-0.25, -0.2) is 9.78 Å². The number of nitrogens with zero attached hydrogens (tertiary/aromatic N) is 1. The summed E-state index contributed by atoms with van der Waals surface area (Å²) >= 11 is 3.16. The number of aromatic nitrogens is 1. The summed E-state index contributed by atoms with van der Waals surface area (Å²) in [6.45, 7) is 2.11. The highest BCUT2D eigenvalue weighted by atomic mass is 32.2. The first-order chi connectivity index (χ1) is 19.1. The van der Waals surface area contributed by atoms with E-state index in [1.54, 1.807) is 23.1 Å². The molecule has 0 aliphatic rings. The number of nitrogens with one attached hydrogen (secondary N) is 1. The normalized spacial score (nSPS) is 12.2. The number of carbonyl (C=O) groups excluding carboxylic acids is 1. The summed E-state index contributed by atoms with van der Waals surface area (Å²) in [5.74, 6) is 0.330. The highest BCUT2D eigenvalue weighted by Crippen LogP contribution is 2.41. The molecule has 4 nitrogen and oxygen atoms in total. The topological polar surface area (TPSA) is 51.2 Å². The van der Waals surface area contributed by atoms with Crippen LogP contribution in [0.5, 0.6) is 0 Å². The average molecular weight is 551 g/mol. The quantitative estimate of drug-likeness (QED) is 0.109. The molecule has 5 rings (SSSR count). The molecule has 4 aromatic carbocycles. The van der Waals surface area contributed by atoms with Crippen LogP contribution in [0.2, 0.25) is 0 Å². The molecule has 1 atom stereocenters. The minimum atomic E-state index is -0.641. The molecule has 0 radical (unpaired) electrons. The lowest BCUT2D eigenvalue weighted by molar-refractivity contribution is 0.0591. The van der Waals surface area contributed by atoms with Gasteiger partial charge in [0, 0.05) is 5.75 Å². The summed E-state index contributed by atoms with van der Waals surface area (Å²) in [4.78, 5) is 17.5. The van der Waals surface area contributed by atoms with E-state index in [1.165, 1.54) is 12.7 Å². The van der Waals surface area contributed by atoms with Crippen molar-refractivity contribution in [1.29, 1.82) is 0 Å². The monoisotopic (exact) mass is 550 g/mol. The molecule has 0 bridgehead atoms. The van der Waals surface area contributed by atoms with Crippen LogP contribution in [0, 0.1) is 0 Å². The van der Waals surface area contributed by atoms with Gasteiger partial charge in [-0.15, -0.1) is 23.1 Å². The standard InChI is InChI=1S/C33H30N2O2S2/c1-24(30-34-29(31(36)37-2)32(39-30)38-23-25-15-7-3-8-16-25)35-33(26-17-9-4-10-18-26,27-19-11-5-12-20-27)28-21-13-6-14-22-28/h3-22,24,35H,23H2,1-2H3. The van der Waals surface area contributed by atoms with Crippen LogP contribution in [-0.4, -0.2) is 18.1 Å². The molecule has 0 saturated carbocycles. The maximum atomic E-state index is 12.7. The lowest BCUT2D eigenvalue weighted by atomic mass is 9.76. The largest absolute Gasteiger partial charge is 0.464 e. The molecular weight excluding hydrogens is 521 g/mol. The van der Waals surface area contributed by atoms with Crippen molar-refractivity contribution >= 4 is 29.1 Å². The van der Waals surface area contributed by atoms with E-state index in [9.17, 15) is 4.79 Å². The lowest BCUT2D eigenvalue weighted by Gasteiger charge is -2.39. The highest BCUT2D eigenvalue weighted by molar-refractivity contribution is 8.00. The number of benzene rings is 4. The van der Waals surface area contributed by atoms with Gasteiger partial charge in [0.15, 0.2) is 5.69 Å². The van der Waals surface area contributed by atoms with E-state index in [1.807, 2.05) is 36.4 Å². The molecule has 1 aromatic heterocycles. The van der Waals surface area contributed by atoms with E-state index in [0.29, 0.717) is 5.69 Å². The zero-order chi connectivity index (χ0) is 27.1. The Hall–Kier alpha value is -3.71. The third-order valence-electron chi connectivity index (χ3n) is 6.63. The van der Waals surface area contributed by atoms with Gasteiger partial charge in [0.1, 0.15) is 5.01 Å². The minimum Gasteiger partial charge on any atom is -0.464 e. The predicted octanol–water partition coefficient (Wildman–Crippen LogP) is 7.86.